The van der Waals surface area contributed by atoms with Gasteiger partial charge in [-0.25, -0.2) is 4.79 Å². The van der Waals surface area contributed by atoms with E-state index in [4.69, 9.17) is 37.3 Å². The fraction of sp³-hybridized carbons (Fsp3) is 0.344. The minimum atomic E-state index is -1.35. The van der Waals surface area contributed by atoms with E-state index in [0.29, 0.717) is 57.5 Å². The molecule has 238 valence electrons. The topological polar surface area (TPSA) is 185 Å². The van der Waals surface area contributed by atoms with Gasteiger partial charge in [-0.15, -0.1) is 0 Å². The molecule has 5 rings (SSSR count). The Morgan fingerprint density at radius 1 is 0.956 bits per heavy atom. The number of aliphatic hydroxyl groups is 1. The van der Waals surface area contributed by atoms with Gasteiger partial charge in [0.2, 0.25) is 5.91 Å². The number of nitrogens with two attached hydrogens (primary N) is 1. The van der Waals surface area contributed by atoms with Crippen molar-refractivity contribution in [3.63, 3.8) is 0 Å². The van der Waals surface area contributed by atoms with Crippen molar-refractivity contribution in [3.05, 3.63) is 76.9 Å². The summed E-state index contributed by atoms with van der Waals surface area (Å²) in [6, 6.07) is 14.4. The molecule has 0 radical (unpaired) electrons. The number of thiocarbonyl (C=S) groups is 1. The van der Waals surface area contributed by atoms with E-state index in [1.165, 1.54) is 24.3 Å². The normalized spacial score (nSPS) is 15.5. The Kier molecular flexibility index (Phi) is 8.64. The lowest BCUT2D eigenvalue weighted by Gasteiger charge is -2.36. The second-order valence-electron chi connectivity index (χ2n) is 11.9. The number of anilines is 1. The molecule has 1 unspecified atom stereocenters. The van der Waals surface area contributed by atoms with E-state index in [0.717, 1.165) is 0 Å². The summed E-state index contributed by atoms with van der Waals surface area (Å²) in [5.41, 5.74) is 5.40. The summed E-state index contributed by atoms with van der Waals surface area (Å²) < 4.78 is 18.0. The van der Waals surface area contributed by atoms with Crippen molar-refractivity contribution < 1.29 is 39.1 Å². The zero-order valence-electron chi connectivity index (χ0n) is 25.1. The number of phenolic OH excluding ortho intramolecular Hbond substituents is 2. The highest BCUT2D eigenvalue weighted by Gasteiger charge is 2.53. The highest BCUT2D eigenvalue weighted by molar-refractivity contribution is 7.80. The highest BCUT2D eigenvalue weighted by atomic mass is 32.1. The number of nitrogens with one attached hydrogen (secondary N) is 3. The maximum atomic E-state index is 13.3. The number of fused-ring (bicyclic) bond motifs is 6. The molecule has 3 aromatic carbocycles. The molecule has 1 spiro atoms. The van der Waals surface area contributed by atoms with Gasteiger partial charge in [-0.1, -0.05) is 6.07 Å². The van der Waals surface area contributed by atoms with Crippen LogP contribution in [0.3, 0.4) is 0 Å². The number of amides is 1. The third kappa shape index (κ3) is 6.38. The van der Waals surface area contributed by atoms with Gasteiger partial charge in [0, 0.05) is 47.6 Å². The number of hydrogen-bond donors (Lipinski definition) is 7. The highest BCUT2D eigenvalue weighted by Crippen LogP contribution is 2.57. The number of ether oxygens (including phenoxy) is 3. The van der Waals surface area contributed by atoms with Crippen LogP contribution >= 0.6 is 12.2 Å². The average Bonchev–Trinajstić information content (AvgIpc) is 3.26. The van der Waals surface area contributed by atoms with E-state index in [2.05, 4.69) is 16.0 Å². The van der Waals surface area contributed by atoms with Crippen LogP contribution in [0.2, 0.25) is 0 Å². The molecule has 2 heterocycles. The Morgan fingerprint density at radius 3 is 2.20 bits per heavy atom. The molecule has 1 amide bonds. The Bertz CT molecular complexity index is 1610. The van der Waals surface area contributed by atoms with Gasteiger partial charge >= 0.3 is 5.97 Å². The third-order valence-electron chi connectivity index (χ3n) is 7.72. The van der Waals surface area contributed by atoms with Gasteiger partial charge in [0.25, 0.3) is 0 Å². The lowest BCUT2D eigenvalue weighted by atomic mass is 9.77. The number of aliphatic hydroxyl groups excluding tert-OH is 1. The Morgan fingerprint density at radius 2 is 1.58 bits per heavy atom. The molecule has 0 saturated carbocycles. The van der Waals surface area contributed by atoms with Crippen molar-refractivity contribution >= 4 is 34.9 Å². The number of hydrogen-bond acceptors (Lipinski definition) is 10. The number of benzene rings is 3. The van der Waals surface area contributed by atoms with Crippen molar-refractivity contribution in [2.45, 2.75) is 43.9 Å². The first-order valence-electron chi connectivity index (χ1n) is 14.4. The molecule has 0 saturated heterocycles. The number of rotatable bonds is 10. The van der Waals surface area contributed by atoms with E-state index < -0.39 is 28.6 Å². The predicted molar refractivity (Wildman–Crippen MR) is 170 cm³/mol. The van der Waals surface area contributed by atoms with E-state index in [1.54, 1.807) is 37.3 Å². The summed E-state index contributed by atoms with van der Waals surface area (Å²) in [5, 5.41) is 38.2. The van der Waals surface area contributed by atoms with Crippen LogP contribution < -0.4 is 26.4 Å². The van der Waals surface area contributed by atoms with Crippen LogP contribution in [-0.4, -0.2) is 69.8 Å². The lowest BCUT2D eigenvalue weighted by Crippen LogP contribution is -2.56. The molecule has 13 heteroatoms. The molecule has 8 N–H and O–H groups in total. The fourth-order valence-electron chi connectivity index (χ4n) is 5.29. The maximum Gasteiger partial charge on any atom is 0.340 e. The van der Waals surface area contributed by atoms with Gasteiger partial charge in [-0.3, -0.25) is 4.79 Å². The lowest BCUT2D eigenvalue weighted by molar-refractivity contribution is -0.131. The first-order chi connectivity index (χ1) is 21.3. The van der Waals surface area contributed by atoms with Gasteiger partial charge in [0.1, 0.15) is 28.5 Å². The van der Waals surface area contributed by atoms with Gasteiger partial charge in [0.15, 0.2) is 10.7 Å². The van der Waals surface area contributed by atoms with Crippen LogP contribution in [0, 0.1) is 0 Å². The third-order valence-corrected chi connectivity index (χ3v) is 7.97. The van der Waals surface area contributed by atoms with E-state index in [9.17, 15) is 19.8 Å². The summed E-state index contributed by atoms with van der Waals surface area (Å²) in [5.74, 6) is -0.408. The van der Waals surface area contributed by atoms with Gasteiger partial charge in [-0.05, 0) is 75.8 Å². The van der Waals surface area contributed by atoms with Crippen LogP contribution in [0.5, 0.6) is 23.0 Å². The standard InChI is InChI=1S/C32H36N4O8S/c1-30(2,42-17-31(3,33)28(41)34-12-13-37)10-11-35-29(45)36-18-4-7-22-21(14-18)27(40)44-32(22)23-8-5-19(38)15-25(23)43-26-16-20(39)6-9-24(26)32/h4-9,14-16,37-39H,10-13,17,33H2,1-3H3,(H,34,41)(H2,35,36,45). The molecule has 0 aliphatic carbocycles. The van der Waals surface area contributed by atoms with Gasteiger partial charge < -0.3 is 51.2 Å². The van der Waals surface area contributed by atoms with Crippen molar-refractivity contribution in [1.82, 2.24) is 10.6 Å². The van der Waals surface area contributed by atoms with Crippen LogP contribution in [0.1, 0.15) is 54.2 Å². The summed E-state index contributed by atoms with van der Waals surface area (Å²) in [6.07, 6.45) is 0.536. The predicted octanol–water partition coefficient (Wildman–Crippen LogP) is 2.96. The first-order valence-corrected chi connectivity index (χ1v) is 14.8. The molecule has 45 heavy (non-hydrogen) atoms. The van der Waals surface area contributed by atoms with Gasteiger partial charge in [0.05, 0.1) is 24.4 Å². The zero-order valence-corrected chi connectivity index (χ0v) is 25.9. The monoisotopic (exact) mass is 636 g/mol. The minimum Gasteiger partial charge on any atom is -0.508 e. The second kappa shape index (κ2) is 12.2. The van der Waals surface area contributed by atoms with Crippen molar-refractivity contribution in [2.24, 2.45) is 5.73 Å². The van der Waals surface area contributed by atoms with E-state index in [-0.39, 0.29) is 31.3 Å². The zero-order chi connectivity index (χ0) is 32.6. The van der Waals surface area contributed by atoms with Crippen LogP contribution in [0.15, 0.2) is 54.6 Å². The average molecular weight is 637 g/mol. The van der Waals surface area contributed by atoms with Crippen molar-refractivity contribution in [3.8, 4) is 23.0 Å². The van der Waals surface area contributed by atoms with E-state index in [1.807, 2.05) is 13.8 Å². The van der Waals surface area contributed by atoms with Crippen molar-refractivity contribution in [2.75, 3.05) is 31.6 Å². The molecule has 0 aromatic heterocycles. The molecule has 12 nitrogen and oxygen atoms in total. The molecule has 1 atom stereocenters. The van der Waals surface area contributed by atoms with Crippen LogP contribution in [0.4, 0.5) is 5.69 Å². The molecule has 0 fully saturated rings. The van der Waals surface area contributed by atoms with Crippen molar-refractivity contribution in [1.29, 1.82) is 0 Å². The Hall–Kier alpha value is -4.43. The Labute approximate surface area is 265 Å². The number of phenols is 2. The quantitative estimate of drug-likeness (QED) is 0.128. The number of esters is 1. The number of carbonyl (C=O) groups excluding carboxylic acids is 2. The van der Waals surface area contributed by atoms with Gasteiger partial charge in [-0.2, -0.15) is 0 Å². The smallest absolute Gasteiger partial charge is 0.340 e. The number of aromatic hydroxyl groups is 2. The molecular formula is C32H36N4O8S. The summed E-state index contributed by atoms with van der Waals surface area (Å²) in [6.45, 7) is 5.69. The SMILES string of the molecule is CC(C)(CCNC(=S)Nc1ccc2c(c1)C(=O)OC21c2ccc(O)cc2Oc2cc(O)ccc21)OCC(C)(N)C(=O)NCCO. The van der Waals surface area contributed by atoms with Crippen LogP contribution in [0.25, 0.3) is 0 Å². The van der Waals surface area contributed by atoms with E-state index >= 15 is 0 Å². The molecule has 2 aliphatic rings. The first kappa shape index (κ1) is 32.0. The summed E-state index contributed by atoms with van der Waals surface area (Å²) in [7, 11) is 0. The molecule has 0 bridgehead atoms. The molecular weight excluding hydrogens is 600 g/mol. The summed E-state index contributed by atoms with van der Waals surface area (Å²) >= 11 is 5.49. The van der Waals surface area contributed by atoms with Crippen LogP contribution in [-0.2, 0) is 19.9 Å². The summed E-state index contributed by atoms with van der Waals surface area (Å²) in [4.78, 5) is 25.6. The second-order valence-corrected chi connectivity index (χ2v) is 12.3. The number of carbonyl (C=O) groups is 2. The Balaban J connectivity index is 1.27. The maximum absolute atomic E-state index is 13.3. The minimum absolute atomic E-state index is 0.0178. The molecule has 2 aliphatic heterocycles. The largest absolute Gasteiger partial charge is 0.508 e. The fourth-order valence-corrected chi connectivity index (χ4v) is 5.51. The molecule has 3 aromatic rings.